The number of rotatable bonds is 5. The van der Waals surface area contributed by atoms with Crippen molar-refractivity contribution < 1.29 is 5.11 Å². The lowest BCUT2D eigenvalue weighted by Crippen LogP contribution is -2.32. The van der Waals surface area contributed by atoms with Crippen LogP contribution in [0.5, 0.6) is 0 Å². The van der Waals surface area contributed by atoms with Crippen molar-refractivity contribution in [3.05, 3.63) is 31.0 Å². The number of aromatic nitrogens is 4. The van der Waals surface area contributed by atoms with E-state index in [4.69, 9.17) is 0 Å². The van der Waals surface area contributed by atoms with Gasteiger partial charge in [0.1, 0.15) is 5.69 Å². The van der Waals surface area contributed by atoms with Gasteiger partial charge in [-0.3, -0.25) is 4.98 Å². The van der Waals surface area contributed by atoms with E-state index in [1.54, 1.807) is 24.8 Å². The molecule has 0 saturated carbocycles. The zero-order chi connectivity index (χ0) is 13.0. The van der Waals surface area contributed by atoms with E-state index in [-0.39, 0.29) is 0 Å². The van der Waals surface area contributed by atoms with Gasteiger partial charge in [0.2, 0.25) is 0 Å². The molecule has 2 aromatic heterocycles. The Bertz CT molecular complexity index is 491. The normalized spacial score (nSPS) is 11.7. The molecule has 0 amide bonds. The van der Waals surface area contributed by atoms with Gasteiger partial charge in [-0.15, -0.1) is 0 Å². The third-order valence-corrected chi connectivity index (χ3v) is 3.29. The van der Waals surface area contributed by atoms with E-state index in [0.29, 0.717) is 19.4 Å². The SMILES string of the molecule is CCC(O)(CC)Cn1ccnc1-c1cnccn1. The minimum atomic E-state index is -0.697. The molecule has 5 nitrogen and oxygen atoms in total. The molecule has 0 fully saturated rings. The number of nitrogens with zero attached hydrogens (tertiary/aromatic N) is 4. The molecular weight excluding hydrogens is 228 g/mol. The van der Waals surface area contributed by atoms with Crippen molar-refractivity contribution >= 4 is 0 Å². The zero-order valence-electron chi connectivity index (χ0n) is 10.7. The number of hydrogen-bond donors (Lipinski definition) is 1. The molecule has 0 radical (unpaired) electrons. The van der Waals surface area contributed by atoms with Crippen molar-refractivity contribution in [2.45, 2.75) is 38.8 Å². The molecule has 0 bridgehead atoms. The first-order valence-corrected chi connectivity index (χ1v) is 6.18. The molecule has 18 heavy (non-hydrogen) atoms. The van der Waals surface area contributed by atoms with Gasteiger partial charge in [0.15, 0.2) is 5.82 Å². The summed E-state index contributed by atoms with van der Waals surface area (Å²) in [5, 5.41) is 10.4. The average molecular weight is 246 g/mol. The topological polar surface area (TPSA) is 63.8 Å². The second-order valence-electron chi connectivity index (χ2n) is 4.40. The Morgan fingerprint density at radius 1 is 1.17 bits per heavy atom. The van der Waals surface area contributed by atoms with Crippen LogP contribution in [0.15, 0.2) is 31.0 Å². The fourth-order valence-corrected chi connectivity index (χ4v) is 1.88. The van der Waals surface area contributed by atoms with Gasteiger partial charge < -0.3 is 9.67 Å². The highest BCUT2D eigenvalue weighted by molar-refractivity contribution is 5.47. The lowest BCUT2D eigenvalue weighted by Gasteiger charge is -2.26. The van der Waals surface area contributed by atoms with E-state index < -0.39 is 5.60 Å². The number of aliphatic hydroxyl groups is 1. The Hall–Kier alpha value is -1.75. The molecule has 0 aromatic carbocycles. The standard InChI is InChI=1S/C13H18N4O/c1-3-13(18,4-2)10-17-8-7-16-12(17)11-9-14-5-6-15-11/h5-9,18H,3-4,10H2,1-2H3. The summed E-state index contributed by atoms with van der Waals surface area (Å²) in [4.78, 5) is 12.6. The fourth-order valence-electron chi connectivity index (χ4n) is 1.88. The highest BCUT2D eigenvalue weighted by atomic mass is 16.3. The molecule has 0 aliphatic rings. The quantitative estimate of drug-likeness (QED) is 0.875. The average Bonchev–Trinajstić information content (AvgIpc) is 2.87. The predicted octanol–water partition coefficient (Wildman–Crippen LogP) is 1.89. The first-order valence-electron chi connectivity index (χ1n) is 6.18. The van der Waals surface area contributed by atoms with Gasteiger partial charge in [-0.2, -0.15) is 0 Å². The summed E-state index contributed by atoms with van der Waals surface area (Å²) >= 11 is 0. The van der Waals surface area contributed by atoms with Crippen LogP contribution >= 0.6 is 0 Å². The summed E-state index contributed by atoms with van der Waals surface area (Å²) in [5.74, 6) is 0.739. The highest BCUT2D eigenvalue weighted by Crippen LogP contribution is 2.21. The molecule has 1 N–H and O–H groups in total. The molecule has 2 aromatic rings. The predicted molar refractivity (Wildman–Crippen MR) is 68.8 cm³/mol. The number of imidazole rings is 1. The minimum absolute atomic E-state index is 0.520. The first kappa shape index (κ1) is 12.7. The van der Waals surface area contributed by atoms with Crippen LogP contribution in [0.1, 0.15) is 26.7 Å². The van der Waals surface area contributed by atoms with Gasteiger partial charge in [0, 0.05) is 24.8 Å². The minimum Gasteiger partial charge on any atom is -0.388 e. The van der Waals surface area contributed by atoms with Crippen LogP contribution in [-0.4, -0.2) is 30.2 Å². The maximum atomic E-state index is 10.4. The Morgan fingerprint density at radius 2 is 1.94 bits per heavy atom. The van der Waals surface area contributed by atoms with E-state index in [2.05, 4.69) is 15.0 Å². The van der Waals surface area contributed by atoms with E-state index in [1.807, 2.05) is 24.6 Å². The smallest absolute Gasteiger partial charge is 0.160 e. The third-order valence-electron chi connectivity index (χ3n) is 3.29. The Kier molecular flexibility index (Phi) is 3.72. The van der Waals surface area contributed by atoms with Crippen LogP contribution < -0.4 is 0 Å². The van der Waals surface area contributed by atoms with Crippen molar-refractivity contribution in [3.8, 4) is 11.5 Å². The van der Waals surface area contributed by atoms with Crippen LogP contribution in [0, 0.1) is 0 Å². The van der Waals surface area contributed by atoms with Crippen molar-refractivity contribution in [1.82, 2.24) is 19.5 Å². The summed E-state index contributed by atoms with van der Waals surface area (Å²) in [6.45, 7) is 4.50. The van der Waals surface area contributed by atoms with Gasteiger partial charge in [-0.1, -0.05) is 13.8 Å². The third kappa shape index (κ3) is 2.56. The second-order valence-corrected chi connectivity index (χ2v) is 4.40. The molecule has 2 rings (SSSR count). The molecule has 0 saturated heterocycles. The van der Waals surface area contributed by atoms with Crippen molar-refractivity contribution in [2.75, 3.05) is 0 Å². The van der Waals surface area contributed by atoms with Crippen molar-refractivity contribution in [3.63, 3.8) is 0 Å². The zero-order valence-corrected chi connectivity index (χ0v) is 10.7. The van der Waals surface area contributed by atoms with Crippen LogP contribution in [0.2, 0.25) is 0 Å². The van der Waals surface area contributed by atoms with E-state index in [1.165, 1.54) is 0 Å². The van der Waals surface area contributed by atoms with Crippen molar-refractivity contribution in [1.29, 1.82) is 0 Å². The summed E-state index contributed by atoms with van der Waals surface area (Å²) in [6.07, 6.45) is 9.94. The maximum absolute atomic E-state index is 10.4. The largest absolute Gasteiger partial charge is 0.388 e. The molecule has 5 heteroatoms. The lowest BCUT2D eigenvalue weighted by molar-refractivity contribution is 0.0155. The van der Waals surface area contributed by atoms with Crippen molar-refractivity contribution in [2.24, 2.45) is 0 Å². The Morgan fingerprint density at radius 3 is 2.56 bits per heavy atom. The molecule has 96 valence electrons. The van der Waals surface area contributed by atoms with Gasteiger partial charge >= 0.3 is 0 Å². The molecule has 0 aliphatic heterocycles. The molecule has 0 unspecified atom stereocenters. The molecule has 2 heterocycles. The van der Waals surface area contributed by atoms with E-state index in [9.17, 15) is 5.11 Å². The fraction of sp³-hybridized carbons (Fsp3) is 0.462. The van der Waals surface area contributed by atoms with Crippen LogP contribution in [-0.2, 0) is 6.54 Å². The lowest BCUT2D eigenvalue weighted by atomic mass is 9.97. The Labute approximate surface area is 107 Å². The second kappa shape index (κ2) is 5.27. The van der Waals surface area contributed by atoms with Gasteiger partial charge in [-0.05, 0) is 12.8 Å². The summed E-state index contributed by atoms with van der Waals surface area (Å²) < 4.78 is 1.93. The number of hydrogen-bond acceptors (Lipinski definition) is 4. The molecule has 0 spiro atoms. The highest BCUT2D eigenvalue weighted by Gasteiger charge is 2.24. The van der Waals surface area contributed by atoms with Crippen LogP contribution in [0.4, 0.5) is 0 Å². The van der Waals surface area contributed by atoms with Crippen LogP contribution in [0.3, 0.4) is 0 Å². The summed E-state index contributed by atoms with van der Waals surface area (Å²) in [5.41, 5.74) is 0.0227. The monoisotopic (exact) mass is 246 g/mol. The molecular formula is C13H18N4O. The molecule has 0 atom stereocenters. The van der Waals surface area contributed by atoms with E-state index >= 15 is 0 Å². The van der Waals surface area contributed by atoms with Gasteiger partial charge in [0.05, 0.1) is 18.3 Å². The molecule has 0 aliphatic carbocycles. The Balaban J connectivity index is 2.29. The van der Waals surface area contributed by atoms with Gasteiger partial charge in [-0.25, -0.2) is 9.97 Å². The first-order chi connectivity index (χ1) is 8.68. The van der Waals surface area contributed by atoms with E-state index in [0.717, 1.165) is 11.5 Å². The summed E-state index contributed by atoms with van der Waals surface area (Å²) in [6, 6.07) is 0. The van der Waals surface area contributed by atoms with Gasteiger partial charge in [0.25, 0.3) is 0 Å². The van der Waals surface area contributed by atoms with Crippen LogP contribution in [0.25, 0.3) is 11.5 Å². The maximum Gasteiger partial charge on any atom is 0.160 e. The summed E-state index contributed by atoms with van der Waals surface area (Å²) in [7, 11) is 0.